The second kappa shape index (κ2) is 8.10. The van der Waals surface area contributed by atoms with Crippen LogP contribution in [-0.2, 0) is 20.4 Å². The number of esters is 1. The molecule has 0 aromatic heterocycles. The number of carbonyl (C=O) groups excluding carboxylic acids is 2. The van der Waals surface area contributed by atoms with Crippen molar-refractivity contribution in [2.45, 2.75) is 58.3 Å². The number of hydrogen-bond acceptors (Lipinski definition) is 3. The molecule has 3 rings (SSSR count). The van der Waals surface area contributed by atoms with Crippen molar-refractivity contribution in [2.75, 3.05) is 12.4 Å². The highest BCUT2D eigenvalue weighted by atomic mass is 16.5. The maximum absolute atomic E-state index is 13.2. The monoisotopic (exact) mass is 405 g/mol. The second-order valence-electron chi connectivity index (χ2n) is 9.38. The molecule has 0 fully saturated rings. The summed E-state index contributed by atoms with van der Waals surface area (Å²) in [5.41, 5.74) is 5.80. The van der Waals surface area contributed by atoms with Crippen molar-refractivity contribution in [3.8, 4) is 0 Å². The third-order valence-corrected chi connectivity index (χ3v) is 6.25. The smallest absolute Gasteiger partial charge is 0.330 e. The first kappa shape index (κ1) is 21.8. The van der Waals surface area contributed by atoms with Gasteiger partial charge in [-0.15, -0.1) is 0 Å². The van der Waals surface area contributed by atoms with Crippen LogP contribution in [0.3, 0.4) is 0 Å². The first-order valence-electron chi connectivity index (χ1n) is 10.4. The highest BCUT2D eigenvalue weighted by Gasteiger charge is 2.37. The first-order chi connectivity index (χ1) is 14.0. The summed E-state index contributed by atoms with van der Waals surface area (Å²) in [4.78, 5) is 24.7. The number of para-hydroxylation sites is 1. The Labute approximate surface area is 179 Å². The molecule has 0 saturated carbocycles. The average Bonchev–Trinajstić information content (AvgIpc) is 2.70. The van der Waals surface area contributed by atoms with E-state index in [2.05, 4.69) is 49.9 Å². The number of amides is 1. The Morgan fingerprint density at radius 2 is 1.60 bits per heavy atom. The fourth-order valence-electron chi connectivity index (χ4n) is 4.14. The van der Waals surface area contributed by atoms with Crippen molar-refractivity contribution < 1.29 is 14.3 Å². The zero-order chi connectivity index (χ0) is 22.1. The normalized spacial score (nSPS) is 16.7. The van der Waals surface area contributed by atoms with E-state index in [-0.39, 0.29) is 16.7 Å². The van der Waals surface area contributed by atoms with Gasteiger partial charge in [0.05, 0.1) is 7.11 Å². The van der Waals surface area contributed by atoms with Gasteiger partial charge in [0, 0.05) is 17.3 Å². The van der Waals surface area contributed by atoms with E-state index in [1.165, 1.54) is 24.3 Å². The molecule has 158 valence electrons. The molecule has 0 aliphatic heterocycles. The molecule has 0 atom stereocenters. The van der Waals surface area contributed by atoms with Crippen LogP contribution in [0.25, 0.3) is 6.08 Å². The lowest BCUT2D eigenvalue weighted by molar-refractivity contribution is -0.134. The lowest BCUT2D eigenvalue weighted by atomic mass is 9.62. The molecule has 30 heavy (non-hydrogen) atoms. The summed E-state index contributed by atoms with van der Waals surface area (Å²) in [6.45, 7) is 11.1. The molecule has 4 heteroatoms. The van der Waals surface area contributed by atoms with Crippen molar-refractivity contribution in [3.05, 3.63) is 70.3 Å². The fourth-order valence-corrected chi connectivity index (χ4v) is 4.14. The van der Waals surface area contributed by atoms with Gasteiger partial charge in [-0.3, -0.25) is 4.79 Å². The van der Waals surface area contributed by atoms with Crippen LogP contribution < -0.4 is 5.32 Å². The van der Waals surface area contributed by atoms with Gasteiger partial charge in [0.1, 0.15) is 0 Å². The number of benzene rings is 2. The summed E-state index contributed by atoms with van der Waals surface area (Å²) < 4.78 is 4.65. The minimum absolute atomic E-state index is 0.0365. The molecule has 0 radical (unpaired) electrons. The Bertz CT molecular complexity index is 1010. The van der Waals surface area contributed by atoms with Crippen LogP contribution in [0.1, 0.15) is 73.1 Å². The first-order valence-corrected chi connectivity index (χ1v) is 10.4. The van der Waals surface area contributed by atoms with Crippen molar-refractivity contribution in [2.24, 2.45) is 0 Å². The van der Waals surface area contributed by atoms with Crippen LogP contribution in [0.5, 0.6) is 0 Å². The number of nitrogens with one attached hydrogen (secondary N) is 1. The third kappa shape index (κ3) is 4.33. The number of hydrogen-bond donors (Lipinski definition) is 1. The van der Waals surface area contributed by atoms with E-state index in [1.807, 2.05) is 31.2 Å². The van der Waals surface area contributed by atoms with Gasteiger partial charge in [-0.05, 0) is 71.1 Å². The molecule has 1 N–H and O–H groups in total. The molecule has 2 aromatic rings. The third-order valence-electron chi connectivity index (χ3n) is 6.25. The van der Waals surface area contributed by atoms with Crippen LogP contribution in [0.2, 0.25) is 0 Å². The molecule has 0 unspecified atom stereocenters. The van der Waals surface area contributed by atoms with Gasteiger partial charge in [-0.25, -0.2) is 4.79 Å². The largest absolute Gasteiger partial charge is 0.466 e. The topological polar surface area (TPSA) is 55.4 Å². The van der Waals surface area contributed by atoms with Gasteiger partial charge < -0.3 is 10.1 Å². The average molecular weight is 406 g/mol. The molecule has 2 aromatic carbocycles. The van der Waals surface area contributed by atoms with E-state index in [9.17, 15) is 9.59 Å². The summed E-state index contributed by atoms with van der Waals surface area (Å²) >= 11 is 0. The van der Waals surface area contributed by atoms with Gasteiger partial charge in [0.2, 0.25) is 0 Å². The number of ether oxygens (including phenoxy) is 1. The molecular weight excluding hydrogens is 374 g/mol. The lowest BCUT2D eigenvalue weighted by Gasteiger charge is -2.42. The lowest BCUT2D eigenvalue weighted by Crippen LogP contribution is -2.34. The standard InChI is InChI=1S/C26H31NO3/c1-17-15-20-21(26(4,5)14-13-25(20,2)3)16-19(17)24(29)27-22-10-8-7-9-18(22)11-12-23(28)30-6/h7-12,15-16H,13-14H2,1-6H3,(H,27,29)/b12-11+. The zero-order valence-electron chi connectivity index (χ0n) is 18.8. The molecule has 4 nitrogen and oxygen atoms in total. The van der Waals surface area contributed by atoms with Gasteiger partial charge in [-0.2, -0.15) is 0 Å². The SMILES string of the molecule is COC(=O)/C=C/c1ccccc1NC(=O)c1cc2c(cc1C)C(C)(C)CCC2(C)C. The maximum Gasteiger partial charge on any atom is 0.330 e. The zero-order valence-corrected chi connectivity index (χ0v) is 18.8. The van der Waals surface area contributed by atoms with E-state index in [4.69, 9.17) is 0 Å². The van der Waals surface area contributed by atoms with Gasteiger partial charge in [-0.1, -0.05) is 52.0 Å². The molecule has 0 saturated heterocycles. The summed E-state index contributed by atoms with van der Waals surface area (Å²) in [6.07, 6.45) is 5.22. The Hall–Kier alpha value is -2.88. The Morgan fingerprint density at radius 3 is 2.23 bits per heavy atom. The quantitative estimate of drug-likeness (QED) is 0.518. The van der Waals surface area contributed by atoms with Crippen molar-refractivity contribution in [1.29, 1.82) is 0 Å². The number of aryl methyl sites for hydroxylation is 1. The number of fused-ring (bicyclic) bond motifs is 1. The summed E-state index contributed by atoms with van der Waals surface area (Å²) in [7, 11) is 1.34. The molecule has 1 amide bonds. The Balaban J connectivity index is 1.96. The number of anilines is 1. The predicted molar refractivity (Wildman–Crippen MR) is 122 cm³/mol. The number of rotatable bonds is 4. The minimum Gasteiger partial charge on any atom is -0.466 e. The van der Waals surface area contributed by atoms with E-state index < -0.39 is 5.97 Å². The molecule has 0 heterocycles. The van der Waals surface area contributed by atoms with Gasteiger partial charge in [0.25, 0.3) is 5.91 Å². The summed E-state index contributed by atoms with van der Waals surface area (Å²) in [5.74, 6) is -0.583. The van der Waals surface area contributed by atoms with Crippen molar-refractivity contribution in [3.63, 3.8) is 0 Å². The molecule has 1 aliphatic rings. The van der Waals surface area contributed by atoms with Crippen LogP contribution in [0.15, 0.2) is 42.5 Å². The summed E-state index contributed by atoms with van der Waals surface area (Å²) in [5, 5.41) is 3.02. The van der Waals surface area contributed by atoms with Crippen molar-refractivity contribution in [1.82, 2.24) is 0 Å². The number of carbonyl (C=O) groups is 2. The highest BCUT2D eigenvalue weighted by molar-refractivity contribution is 6.06. The van der Waals surface area contributed by atoms with Crippen LogP contribution in [0, 0.1) is 6.92 Å². The molecule has 0 bridgehead atoms. The van der Waals surface area contributed by atoms with Crippen LogP contribution >= 0.6 is 0 Å². The van der Waals surface area contributed by atoms with E-state index in [0.29, 0.717) is 11.3 Å². The molecule has 0 spiro atoms. The van der Waals surface area contributed by atoms with Crippen LogP contribution in [0.4, 0.5) is 5.69 Å². The summed E-state index contributed by atoms with van der Waals surface area (Å²) in [6, 6.07) is 11.7. The van der Waals surface area contributed by atoms with E-state index in [1.54, 1.807) is 6.08 Å². The van der Waals surface area contributed by atoms with E-state index >= 15 is 0 Å². The van der Waals surface area contributed by atoms with Gasteiger partial charge in [0.15, 0.2) is 0 Å². The van der Waals surface area contributed by atoms with Crippen LogP contribution in [-0.4, -0.2) is 19.0 Å². The maximum atomic E-state index is 13.2. The van der Waals surface area contributed by atoms with E-state index in [0.717, 1.165) is 24.0 Å². The highest BCUT2D eigenvalue weighted by Crippen LogP contribution is 2.46. The Kier molecular flexibility index (Phi) is 5.89. The second-order valence-corrected chi connectivity index (χ2v) is 9.38. The number of methoxy groups -OCH3 is 1. The fraction of sp³-hybridized carbons (Fsp3) is 0.385. The minimum atomic E-state index is -0.438. The van der Waals surface area contributed by atoms with Crippen molar-refractivity contribution >= 4 is 23.6 Å². The van der Waals surface area contributed by atoms with Gasteiger partial charge >= 0.3 is 5.97 Å². The molecular formula is C26H31NO3. The Morgan fingerprint density at radius 1 is 1.00 bits per heavy atom. The molecule has 1 aliphatic carbocycles. The predicted octanol–water partition coefficient (Wildman–Crippen LogP) is 5.78.